The van der Waals surface area contributed by atoms with E-state index in [1.165, 1.54) is 5.56 Å². The van der Waals surface area contributed by atoms with Crippen molar-refractivity contribution < 1.29 is 18.0 Å². The molecule has 200 valence electrons. The number of aromatic nitrogens is 3. The summed E-state index contributed by atoms with van der Waals surface area (Å²) in [5, 5.41) is 0.318. The zero-order valence-corrected chi connectivity index (χ0v) is 21.9. The van der Waals surface area contributed by atoms with Crippen molar-refractivity contribution in [2.24, 2.45) is 5.41 Å². The zero-order chi connectivity index (χ0) is 27.1. The summed E-state index contributed by atoms with van der Waals surface area (Å²) in [5.41, 5.74) is 0.234. The van der Waals surface area contributed by atoms with Gasteiger partial charge in [0.2, 0.25) is 0 Å². The number of aryl methyl sites for hydroxylation is 1. The first-order valence-electron chi connectivity index (χ1n) is 13.0. The minimum absolute atomic E-state index is 0.129. The molecule has 2 fully saturated rings. The Kier molecular flexibility index (Phi) is 6.97. The molecular formula is C29H29ClF3N3O2. The van der Waals surface area contributed by atoms with Gasteiger partial charge in [0, 0.05) is 17.5 Å². The fourth-order valence-corrected chi connectivity index (χ4v) is 5.64. The Morgan fingerprint density at radius 2 is 1.76 bits per heavy atom. The van der Waals surface area contributed by atoms with Crippen LogP contribution < -0.4 is 5.69 Å². The van der Waals surface area contributed by atoms with E-state index in [0.717, 1.165) is 12.8 Å². The quantitative estimate of drug-likeness (QED) is 0.341. The topological polar surface area (TPSA) is 75.7 Å². The lowest BCUT2D eigenvalue weighted by atomic mass is 9.69. The molecule has 0 amide bonds. The Hall–Kier alpha value is -3.00. The lowest BCUT2D eigenvalue weighted by Gasteiger charge is -2.37. The van der Waals surface area contributed by atoms with Crippen LogP contribution in [0.1, 0.15) is 69.4 Å². The predicted octanol–water partition coefficient (Wildman–Crippen LogP) is 7.22. The van der Waals surface area contributed by atoms with E-state index in [0.29, 0.717) is 41.0 Å². The van der Waals surface area contributed by atoms with Gasteiger partial charge in [-0.2, -0.15) is 18.2 Å². The van der Waals surface area contributed by atoms with Crippen molar-refractivity contribution in [2.75, 3.05) is 0 Å². The first kappa shape index (κ1) is 26.6. The highest BCUT2D eigenvalue weighted by molar-refractivity contribution is 6.33. The van der Waals surface area contributed by atoms with E-state index in [1.807, 2.05) is 18.2 Å². The lowest BCUT2D eigenvalue weighted by molar-refractivity contribution is -0.228. The third-order valence-corrected chi connectivity index (χ3v) is 8.51. The van der Waals surface area contributed by atoms with Crippen LogP contribution in [0.5, 0.6) is 0 Å². The highest BCUT2D eigenvalue weighted by Gasteiger charge is 2.58. The Morgan fingerprint density at radius 3 is 2.45 bits per heavy atom. The van der Waals surface area contributed by atoms with Crippen molar-refractivity contribution in [1.29, 1.82) is 0 Å². The van der Waals surface area contributed by atoms with Crippen LogP contribution in [0, 0.1) is 5.41 Å². The highest BCUT2D eigenvalue weighted by Crippen LogP contribution is 2.50. The molecule has 1 heterocycles. The average molecular weight is 544 g/mol. The first-order valence-corrected chi connectivity index (χ1v) is 13.4. The van der Waals surface area contributed by atoms with Crippen LogP contribution in [0.25, 0.3) is 22.8 Å². The lowest BCUT2D eigenvalue weighted by Crippen LogP contribution is -2.46. The molecule has 0 spiro atoms. The molecule has 5 nitrogen and oxygen atoms in total. The van der Waals surface area contributed by atoms with Gasteiger partial charge in [-0.25, -0.2) is 9.78 Å². The van der Waals surface area contributed by atoms with Gasteiger partial charge in [-0.05, 0) is 66.8 Å². The molecule has 1 aromatic heterocycles. The van der Waals surface area contributed by atoms with Crippen molar-refractivity contribution in [3.05, 3.63) is 69.1 Å². The molecule has 0 atom stereocenters. The Labute approximate surface area is 223 Å². The van der Waals surface area contributed by atoms with Gasteiger partial charge < -0.3 is 0 Å². The molecule has 2 aliphatic rings. The van der Waals surface area contributed by atoms with Gasteiger partial charge >= 0.3 is 11.9 Å². The number of nitrogens with one attached hydrogen (secondary N) is 1. The van der Waals surface area contributed by atoms with Gasteiger partial charge in [-0.3, -0.25) is 9.78 Å². The summed E-state index contributed by atoms with van der Waals surface area (Å²) >= 11 is 6.44. The molecule has 2 aliphatic carbocycles. The zero-order valence-electron chi connectivity index (χ0n) is 21.1. The first-order chi connectivity index (χ1) is 18.0. The van der Waals surface area contributed by atoms with E-state index in [4.69, 9.17) is 11.6 Å². The number of hydrogen-bond acceptors (Lipinski definition) is 4. The largest absolute Gasteiger partial charge is 0.401 e. The van der Waals surface area contributed by atoms with Gasteiger partial charge in [0.15, 0.2) is 5.82 Å². The molecular weight excluding hydrogens is 515 g/mol. The van der Waals surface area contributed by atoms with Crippen LogP contribution in [0.2, 0.25) is 5.02 Å². The summed E-state index contributed by atoms with van der Waals surface area (Å²) in [7, 11) is 0. The minimum Gasteiger partial charge on any atom is -0.299 e. The van der Waals surface area contributed by atoms with Crippen molar-refractivity contribution in [3.8, 4) is 22.8 Å². The molecule has 0 radical (unpaired) electrons. The number of H-pyrrole nitrogens is 1. The minimum atomic E-state index is -4.55. The van der Waals surface area contributed by atoms with E-state index in [9.17, 15) is 22.8 Å². The molecule has 9 heteroatoms. The normalized spacial score (nSPS) is 18.2. The summed E-state index contributed by atoms with van der Waals surface area (Å²) < 4.78 is 41.8. The van der Waals surface area contributed by atoms with Crippen LogP contribution >= 0.6 is 11.6 Å². The van der Waals surface area contributed by atoms with Crippen molar-refractivity contribution in [3.63, 3.8) is 0 Å². The number of carbonyl (C=O) groups is 1. The summed E-state index contributed by atoms with van der Waals surface area (Å²) in [6, 6.07) is 12.8. The highest BCUT2D eigenvalue weighted by atomic mass is 35.5. The molecule has 3 aromatic rings. The third-order valence-electron chi connectivity index (χ3n) is 8.18. The predicted molar refractivity (Wildman–Crippen MR) is 140 cm³/mol. The second-order valence-electron chi connectivity index (χ2n) is 10.8. The number of ketones is 1. The van der Waals surface area contributed by atoms with Crippen LogP contribution in [0.3, 0.4) is 0 Å². The molecule has 1 N–H and O–H groups in total. The van der Waals surface area contributed by atoms with Crippen molar-refractivity contribution in [2.45, 2.75) is 76.3 Å². The fourth-order valence-electron chi connectivity index (χ4n) is 5.43. The summed E-state index contributed by atoms with van der Waals surface area (Å²) in [4.78, 5) is 36.6. The maximum atomic E-state index is 13.9. The summed E-state index contributed by atoms with van der Waals surface area (Å²) in [5.74, 6) is -0.292. The van der Waals surface area contributed by atoms with E-state index in [2.05, 4.69) is 27.9 Å². The monoisotopic (exact) mass is 543 g/mol. The van der Waals surface area contributed by atoms with E-state index in [1.54, 1.807) is 18.2 Å². The Balaban J connectivity index is 1.41. The molecule has 5 rings (SSSR count). The molecule has 2 saturated carbocycles. The van der Waals surface area contributed by atoms with Gasteiger partial charge in [-0.1, -0.05) is 62.1 Å². The van der Waals surface area contributed by atoms with Crippen LogP contribution in [-0.2, 0) is 16.6 Å². The number of halogens is 4. The number of benzene rings is 2. The molecule has 0 saturated heterocycles. The van der Waals surface area contributed by atoms with Gasteiger partial charge in [0.25, 0.3) is 0 Å². The standard InChI is InChI=1S/C29H29ClF3N3O2/c1-27(14-15-27)20-7-5-6-19(17-20)24-34-25(36-26(38)35-24)21-16-18(8-10-22(21)30)9-11-23(37)28(29(31,32)33)12-3-2-4-13-28/h5-8,10,16-17H,2-4,9,11-15H2,1H3,(H,34,35,36,38). The maximum absolute atomic E-state index is 13.9. The number of hydrogen-bond donors (Lipinski definition) is 1. The van der Waals surface area contributed by atoms with E-state index >= 15 is 0 Å². The third kappa shape index (κ3) is 5.15. The van der Waals surface area contributed by atoms with Crippen LogP contribution in [0.4, 0.5) is 13.2 Å². The molecule has 38 heavy (non-hydrogen) atoms. The molecule has 0 bridgehead atoms. The van der Waals surface area contributed by atoms with E-state index in [-0.39, 0.29) is 42.7 Å². The maximum Gasteiger partial charge on any atom is 0.401 e. The number of alkyl halides is 3. The average Bonchev–Trinajstić information content (AvgIpc) is 3.66. The van der Waals surface area contributed by atoms with Gasteiger partial charge in [-0.15, -0.1) is 0 Å². The Morgan fingerprint density at radius 1 is 1.03 bits per heavy atom. The van der Waals surface area contributed by atoms with Crippen molar-refractivity contribution in [1.82, 2.24) is 15.0 Å². The van der Waals surface area contributed by atoms with E-state index < -0.39 is 23.1 Å². The number of aromatic amines is 1. The van der Waals surface area contributed by atoms with Gasteiger partial charge in [0.1, 0.15) is 17.0 Å². The SMILES string of the molecule is CC1(c2cccc(-c3nc(-c4cc(CCC(=O)C5(C(F)(F)F)CCCCC5)ccc4Cl)[nH]c(=O)n3)c2)CC1. The van der Waals surface area contributed by atoms with Crippen LogP contribution in [-0.4, -0.2) is 26.9 Å². The molecule has 2 aromatic carbocycles. The van der Waals surface area contributed by atoms with Gasteiger partial charge in [0.05, 0.1) is 5.02 Å². The molecule has 0 unspecified atom stereocenters. The number of rotatable bonds is 7. The molecule has 0 aliphatic heterocycles. The number of nitrogens with zero attached hydrogens (tertiary/aromatic N) is 2. The summed E-state index contributed by atoms with van der Waals surface area (Å²) in [6.45, 7) is 2.19. The number of Topliss-reactive ketones (excluding diaryl/α,β-unsaturated/α-hetero) is 1. The Bertz CT molecular complexity index is 1420. The summed E-state index contributed by atoms with van der Waals surface area (Å²) in [6.07, 6.45) is -1.21. The fraction of sp³-hybridized carbons (Fsp3) is 0.448. The smallest absolute Gasteiger partial charge is 0.299 e. The van der Waals surface area contributed by atoms with Crippen molar-refractivity contribution >= 4 is 17.4 Å². The second-order valence-corrected chi connectivity index (χ2v) is 11.3. The number of carbonyl (C=O) groups excluding carboxylic acids is 1. The second kappa shape index (κ2) is 9.95. The van der Waals surface area contributed by atoms with Crippen LogP contribution in [0.15, 0.2) is 47.3 Å².